The number of amides is 1. The maximum absolute atomic E-state index is 14.1. The fourth-order valence-corrected chi connectivity index (χ4v) is 5.46. The van der Waals surface area contributed by atoms with Gasteiger partial charge in [0.05, 0.1) is 24.1 Å². The van der Waals surface area contributed by atoms with E-state index in [-0.39, 0.29) is 22.3 Å². The first-order valence-corrected chi connectivity index (χ1v) is 13.1. The Morgan fingerprint density at radius 3 is 2.59 bits per heavy atom. The van der Waals surface area contributed by atoms with Crippen LogP contribution in [0.3, 0.4) is 0 Å². The summed E-state index contributed by atoms with van der Waals surface area (Å²) in [5, 5.41) is 9.51. The lowest BCUT2D eigenvalue weighted by molar-refractivity contribution is 0.0970. The van der Waals surface area contributed by atoms with Gasteiger partial charge in [0.25, 0.3) is 5.91 Å². The average Bonchev–Trinajstić information content (AvgIpc) is 3.55. The number of halogens is 1. The third-order valence-corrected chi connectivity index (χ3v) is 7.60. The van der Waals surface area contributed by atoms with Crippen LogP contribution in [-0.4, -0.2) is 23.2 Å². The Balaban J connectivity index is 1.49. The number of methoxy groups -OCH3 is 1. The summed E-state index contributed by atoms with van der Waals surface area (Å²) in [7, 11) is 1.52. The van der Waals surface area contributed by atoms with Crippen LogP contribution in [0.2, 0.25) is 0 Å². The fourth-order valence-electron chi connectivity index (χ4n) is 4.65. The summed E-state index contributed by atoms with van der Waals surface area (Å²) in [5.74, 6) is -0.294. The molecular formula is C29H22FN3O5S. The smallest absolute Gasteiger partial charge is 0.297 e. The summed E-state index contributed by atoms with van der Waals surface area (Å²) in [6.45, 7) is 2.27. The number of carbonyl (C=O) groups is 1. The number of fused-ring (bicyclic) bond motifs is 2. The van der Waals surface area contributed by atoms with Crippen LogP contribution < -0.4 is 19.8 Å². The van der Waals surface area contributed by atoms with E-state index in [1.54, 1.807) is 18.2 Å². The third-order valence-electron chi connectivity index (χ3n) is 6.54. The molecule has 0 spiro atoms. The number of aryl methyl sites for hydroxylation is 1. The minimum atomic E-state index is -0.897. The molecule has 6 rings (SSSR count). The van der Waals surface area contributed by atoms with Gasteiger partial charge in [0.2, 0.25) is 10.9 Å². The average molecular weight is 544 g/mol. The lowest BCUT2D eigenvalue weighted by Gasteiger charge is -2.23. The molecule has 3 aromatic carbocycles. The van der Waals surface area contributed by atoms with Gasteiger partial charge in [-0.15, -0.1) is 10.2 Å². The van der Waals surface area contributed by atoms with Crippen molar-refractivity contribution >= 4 is 33.3 Å². The van der Waals surface area contributed by atoms with Gasteiger partial charge >= 0.3 is 0 Å². The van der Waals surface area contributed by atoms with Crippen molar-refractivity contribution in [2.75, 3.05) is 12.0 Å². The van der Waals surface area contributed by atoms with E-state index in [1.165, 1.54) is 35.5 Å². The number of hydrogen-bond donors (Lipinski definition) is 0. The summed E-state index contributed by atoms with van der Waals surface area (Å²) in [4.78, 5) is 28.9. The second-order valence-electron chi connectivity index (χ2n) is 8.91. The van der Waals surface area contributed by atoms with Crippen LogP contribution in [0, 0.1) is 5.82 Å². The van der Waals surface area contributed by atoms with E-state index in [0.717, 1.165) is 16.6 Å². The number of nitrogens with zero attached hydrogens (tertiary/aromatic N) is 3. The molecule has 1 unspecified atom stereocenters. The van der Waals surface area contributed by atoms with Crippen molar-refractivity contribution in [3.8, 4) is 11.5 Å². The zero-order valence-corrected chi connectivity index (χ0v) is 21.8. The molecule has 3 heterocycles. The number of ether oxygens (including phenoxy) is 2. The van der Waals surface area contributed by atoms with Crippen molar-refractivity contribution in [2.24, 2.45) is 0 Å². The Hall–Kier alpha value is -4.57. The van der Waals surface area contributed by atoms with E-state index in [2.05, 4.69) is 10.2 Å². The van der Waals surface area contributed by atoms with Gasteiger partial charge in [-0.05, 0) is 47.9 Å². The van der Waals surface area contributed by atoms with E-state index >= 15 is 0 Å². The molecule has 196 valence electrons. The molecule has 10 heteroatoms. The Kier molecular flexibility index (Phi) is 6.32. The Morgan fingerprint density at radius 2 is 1.85 bits per heavy atom. The minimum Gasteiger partial charge on any atom is -0.493 e. The van der Waals surface area contributed by atoms with Gasteiger partial charge in [0, 0.05) is 0 Å². The fraction of sp³-hybridized carbons (Fsp3) is 0.172. The van der Waals surface area contributed by atoms with Crippen LogP contribution in [0.5, 0.6) is 11.5 Å². The molecule has 1 amide bonds. The highest BCUT2D eigenvalue weighted by molar-refractivity contribution is 7.15. The summed E-state index contributed by atoms with van der Waals surface area (Å²) >= 11 is 1.26. The van der Waals surface area contributed by atoms with Gasteiger partial charge in [0.1, 0.15) is 23.0 Å². The van der Waals surface area contributed by atoms with E-state index < -0.39 is 23.2 Å². The quantitative estimate of drug-likeness (QED) is 0.261. The molecule has 0 saturated heterocycles. The number of carbonyl (C=O) groups excluding carboxylic acids is 1. The van der Waals surface area contributed by atoms with Crippen molar-refractivity contribution in [3.63, 3.8) is 0 Å². The molecule has 0 saturated carbocycles. The first-order chi connectivity index (χ1) is 19.0. The first kappa shape index (κ1) is 24.7. The standard InChI is InChI=1S/C29H22FN3O5S/c1-3-23-31-32-29(39-23)33-25(24-26(34)19-14-18(30)10-12-20(19)38-27(24)28(33)35)17-9-11-21(22(13-17)36-2)37-15-16-7-5-4-6-8-16/h4-14,25H,3,15H2,1-2H3. The largest absolute Gasteiger partial charge is 0.493 e. The highest BCUT2D eigenvalue weighted by Gasteiger charge is 2.45. The maximum atomic E-state index is 14.1. The predicted molar refractivity (Wildman–Crippen MR) is 144 cm³/mol. The lowest BCUT2D eigenvalue weighted by Crippen LogP contribution is -2.29. The second kappa shape index (κ2) is 9.95. The second-order valence-corrected chi connectivity index (χ2v) is 9.95. The van der Waals surface area contributed by atoms with Gasteiger partial charge in [-0.25, -0.2) is 4.39 Å². The zero-order chi connectivity index (χ0) is 27.1. The first-order valence-electron chi connectivity index (χ1n) is 12.2. The highest BCUT2D eigenvalue weighted by atomic mass is 32.1. The van der Waals surface area contributed by atoms with Crippen LogP contribution in [-0.2, 0) is 13.0 Å². The predicted octanol–water partition coefficient (Wildman–Crippen LogP) is 5.68. The molecule has 0 radical (unpaired) electrons. The van der Waals surface area contributed by atoms with Crippen molar-refractivity contribution in [1.82, 2.24) is 10.2 Å². The number of rotatable bonds is 7. The van der Waals surface area contributed by atoms with Crippen LogP contribution >= 0.6 is 11.3 Å². The molecule has 0 aliphatic carbocycles. The molecule has 2 aromatic heterocycles. The number of aromatic nitrogens is 2. The van der Waals surface area contributed by atoms with Crippen LogP contribution in [0.25, 0.3) is 11.0 Å². The molecule has 5 aromatic rings. The van der Waals surface area contributed by atoms with Gasteiger partial charge in [-0.3, -0.25) is 14.5 Å². The van der Waals surface area contributed by atoms with Crippen molar-refractivity contribution in [1.29, 1.82) is 0 Å². The van der Waals surface area contributed by atoms with Gasteiger partial charge in [-0.1, -0.05) is 54.7 Å². The lowest BCUT2D eigenvalue weighted by atomic mass is 9.98. The third kappa shape index (κ3) is 4.32. The molecule has 39 heavy (non-hydrogen) atoms. The molecule has 0 bridgehead atoms. The molecule has 0 N–H and O–H groups in total. The van der Waals surface area contributed by atoms with Gasteiger partial charge < -0.3 is 13.9 Å². The molecule has 1 aliphatic rings. The Bertz CT molecular complexity index is 1770. The van der Waals surface area contributed by atoms with Crippen molar-refractivity contribution < 1.29 is 23.1 Å². The van der Waals surface area contributed by atoms with E-state index in [1.807, 2.05) is 37.3 Å². The SMILES string of the molecule is CCc1nnc(N2C(=O)c3oc4ccc(F)cc4c(=O)c3C2c2ccc(OCc3ccccc3)c(OC)c2)s1. The summed E-state index contributed by atoms with van der Waals surface area (Å²) in [6, 6.07) is 17.7. The normalized spacial score (nSPS) is 14.6. The van der Waals surface area contributed by atoms with Gasteiger partial charge in [0.15, 0.2) is 16.9 Å². The minimum absolute atomic E-state index is 0.0506. The number of anilines is 1. The topological polar surface area (TPSA) is 94.8 Å². The molecule has 1 atom stereocenters. The molecule has 1 aliphatic heterocycles. The summed E-state index contributed by atoms with van der Waals surface area (Å²) in [5.41, 5.74) is 1.30. The molecular weight excluding hydrogens is 521 g/mol. The van der Waals surface area contributed by atoms with Crippen molar-refractivity contribution in [2.45, 2.75) is 26.0 Å². The molecule has 0 fully saturated rings. The Morgan fingerprint density at radius 1 is 1.03 bits per heavy atom. The monoisotopic (exact) mass is 543 g/mol. The van der Waals surface area contributed by atoms with Crippen LogP contribution in [0.1, 0.15) is 45.2 Å². The van der Waals surface area contributed by atoms with E-state index in [9.17, 15) is 14.0 Å². The summed E-state index contributed by atoms with van der Waals surface area (Å²) < 4.78 is 31.6. The summed E-state index contributed by atoms with van der Waals surface area (Å²) in [6.07, 6.45) is 0.638. The van der Waals surface area contributed by atoms with Crippen LogP contribution in [0.4, 0.5) is 9.52 Å². The highest BCUT2D eigenvalue weighted by Crippen LogP contribution is 2.44. The molecule has 8 nitrogen and oxygen atoms in total. The maximum Gasteiger partial charge on any atom is 0.297 e. The Labute approximate surface area is 226 Å². The van der Waals surface area contributed by atoms with E-state index in [4.69, 9.17) is 13.9 Å². The van der Waals surface area contributed by atoms with Crippen molar-refractivity contribution in [3.05, 3.63) is 110 Å². The van der Waals surface area contributed by atoms with Gasteiger partial charge in [-0.2, -0.15) is 0 Å². The number of benzene rings is 3. The number of hydrogen-bond acceptors (Lipinski definition) is 8. The zero-order valence-electron chi connectivity index (χ0n) is 21.0. The van der Waals surface area contributed by atoms with Crippen LogP contribution in [0.15, 0.2) is 75.9 Å². The van der Waals surface area contributed by atoms with E-state index in [0.29, 0.717) is 35.2 Å².